The summed E-state index contributed by atoms with van der Waals surface area (Å²) in [6.45, 7) is 14.4. The van der Waals surface area contributed by atoms with E-state index in [1.807, 2.05) is 0 Å². The minimum atomic E-state index is -4.25. The molecule has 4 saturated carbocycles. The number of aliphatic hydroxyl groups is 2. The zero-order chi connectivity index (χ0) is 32.1. The molecule has 43 heavy (non-hydrogen) atoms. The number of carbonyl (C=O) groups excluding carboxylic acids is 2. The summed E-state index contributed by atoms with van der Waals surface area (Å²) >= 11 is 0. The van der Waals surface area contributed by atoms with E-state index in [-0.39, 0.29) is 46.6 Å². The molecule has 4 fully saturated rings. The molecule has 4 N–H and O–H groups in total. The van der Waals surface area contributed by atoms with Crippen LogP contribution in [0.5, 0.6) is 0 Å². The molecule has 4 aliphatic carbocycles. The quantitative estimate of drug-likeness (QED) is 0.164. The Labute approximate surface area is 258 Å². The SMILES string of the molecule is CC(=O)O[C@@H]1C[C@@]2(C)[C@@H](C[C@@H](O)[C@H]3[C@@]4(C)CC[C@@H](O)[C@@H](C)[C@@H]4CC[C@@]32C)/C1=C(\CCCC(C)C)C(=O)NCCS(=O)(=O)O. The minimum Gasteiger partial charge on any atom is -0.458 e. The summed E-state index contributed by atoms with van der Waals surface area (Å²) in [5.74, 6) is -0.718. The van der Waals surface area contributed by atoms with Crippen LogP contribution >= 0.6 is 0 Å². The van der Waals surface area contributed by atoms with E-state index in [4.69, 9.17) is 4.74 Å². The summed E-state index contributed by atoms with van der Waals surface area (Å²) in [6.07, 6.45) is 4.92. The average molecular weight is 626 g/mol. The molecular formula is C33H55NO8S. The van der Waals surface area contributed by atoms with Crippen LogP contribution in [-0.2, 0) is 24.4 Å². The molecule has 0 aromatic carbocycles. The van der Waals surface area contributed by atoms with E-state index in [0.717, 1.165) is 44.1 Å². The molecule has 0 radical (unpaired) electrons. The standard InChI is InChI=1S/C33H55NO8S/c1-19(2)9-8-10-22(30(38)34-15-16-43(39,40)41)28-24-17-26(37)29-31(5)13-12-25(36)20(3)23(31)11-14-32(29,6)33(24,7)18-27(28)42-21(4)35/h19-20,23-27,29,36-37H,8-18H2,1-7H3,(H,34,38)(H,39,40,41)/b28-22-/t20-,23-,24-,25+,26+,27+,29-,31-,32-,33-/m0/s1. The van der Waals surface area contributed by atoms with Crippen molar-refractivity contribution in [1.82, 2.24) is 5.32 Å². The van der Waals surface area contributed by atoms with Crippen molar-refractivity contribution in [3.05, 3.63) is 11.1 Å². The van der Waals surface area contributed by atoms with Crippen LogP contribution in [0.15, 0.2) is 11.1 Å². The molecule has 0 unspecified atom stereocenters. The van der Waals surface area contributed by atoms with Crippen molar-refractivity contribution in [3.63, 3.8) is 0 Å². The van der Waals surface area contributed by atoms with Crippen LogP contribution in [0.1, 0.15) is 106 Å². The van der Waals surface area contributed by atoms with Gasteiger partial charge in [0.15, 0.2) is 0 Å². The summed E-state index contributed by atoms with van der Waals surface area (Å²) in [5, 5.41) is 25.5. The van der Waals surface area contributed by atoms with E-state index in [2.05, 4.69) is 46.9 Å². The lowest BCUT2D eigenvalue weighted by atomic mass is 9.36. The Balaban J connectivity index is 1.80. The van der Waals surface area contributed by atoms with Gasteiger partial charge >= 0.3 is 5.97 Å². The monoisotopic (exact) mass is 625 g/mol. The number of hydrogen-bond acceptors (Lipinski definition) is 7. The third kappa shape index (κ3) is 6.32. The number of rotatable bonds is 9. The van der Waals surface area contributed by atoms with Gasteiger partial charge in [0.2, 0.25) is 5.91 Å². The fourth-order valence-electron chi connectivity index (χ4n) is 10.4. The van der Waals surface area contributed by atoms with Crippen molar-refractivity contribution in [2.75, 3.05) is 12.3 Å². The largest absolute Gasteiger partial charge is 0.458 e. The second-order valence-corrected chi connectivity index (χ2v) is 16.9. The molecule has 1 amide bonds. The predicted octanol–water partition coefficient (Wildman–Crippen LogP) is 4.67. The summed E-state index contributed by atoms with van der Waals surface area (Å²) in [6, 6.07) is 0. The van der Waals surface area contributed by atoms with E-state index in [0.29, 0.717) is 36.7 Å². The zero-order valence-electron chi connectivity index (χ0n) is 27.2. The van der Waals surface area contributed by atoms with Gasteiger partial charge in [-0.2, -0.15) is 8.42 Å². The number of fused-ring (bicyclic) bond motifs is 5. The van der Waals surface area contributed by atoms with Crippen molar-refractivity contribution in [3.8, 4) is 0 Å². The van der Waals surface area contributed by atoms with Gasteiger partial charge in [-0.05, 0) is 103 Å². The van der Waals surface area contributed by atoms with E-state index >= 15 is 0 Å². The Bertz CT molecular complexity index is 1220. The number of amides is 1. The lowest BCUT2D eigenvalue weighted by Gasteiger charge is -2.69. The molecule has 0 saturated heterocycles. The topological polar surface area (TPSA) is 150 Å². The van der Waals surface area contributed by atoms with Gasteiger partial charge in [0, 0.05) is 19.0 Å². The fourth-order valence-corrected chi connectivity index (χ4v) is 10.7. The fraction of sp³-hybridized carbons (Fsp3) is 0.879. The third-order valence-corrected chi connectivity index (χ3v) is 13.2. The first-order chi connectivity index (χ1) is 19.9. The zero-order valence-corrected chi connectivity index (χ0v) is 28.0. The number of ether oxygens (including phenoxy) is 1. The van der Waals surface area contributed by atoms with Crippen LogP contribution in [0.4, 0.5) is 0 Å². The first-order valence-corrected chi connectivity index (χ1v) is 18.0. The van der Waals surface area contributed by atoms with Crippen LogP contribution in [0.25, 0.3) is 0 Å². The van der Waals surface area contributed by atoms with Crippen LogP contribution in [0.2, 0.25) is 0 Å². The first kappa shape index (κ1) is 34.4. The van der Waals surface area contributed by atoms with Gasteiger partial charge in [-0.1, -0.05) is 48.0 Å². The summed E-state index contributed by atoms with van der Waals surface area (Å²) < 4.78 is 37.9. The number of aliphatic hydroxyl groups excluding tert-OH is 2. The average Bonchev–Trinajstić information content (AvgIpc) is 3.14. The molecule has 4 aliphatic rings. The minimum absolute atomic E-state index is 0.000237. The van der Waals surface area contributed by atoms with E-state index in [1.165, 1.54) is 6.92 Å². The molecule has 4 rings (SSSR count). The lowest BCUT2D eigenvalue weighted by Crippen LogP contribution is -2.65. The van der Waals surface area contributed by atoms with Crippen molar-refractivity contribution < 1.29 is 37.5 Å². The predicted molar refractivity (Wildman–Crippen MR) is 164 cm³/mol. The van der Waals surface area contributed by atoms with Gasteiger partial charge in [-0.25, -0.2) is 0 Å². The molecule has 0 aromatic heterocycles. The van der Waals surface area contributed by atoms with Crippen molar-refractivity contribution in [1.29, 1.82) is 0 Å². The Morgan fingerprint density at radius 2 is 1.74 bits per heavy atom. The molecule has 10 atom stereocenters. The second kappa shape index (κ2) is 12.4. The Kier molecular flexibility index (Phi) is 9.89. The summed E-state index contributed by atoms with van der Waals surface area (Å²) in [4.78, 5) is 26.2. The van der Waals surface area contributed by atoms with Crippen LogP contribution < -0.4 is 5.32 Å². The van der Waals surface area contributed by atoms with Gasteiger partial charge in [-0.3, -0.25) is 14.1 Å². The van der Waals surface area contributed by atoms with Gasteiger partial charge in [0.25, 0.3) is 10.1 Å². The van der Waals surface area contributed by atoms with Crippen molar-refractivity contribution in [2.45, 2.75) is 125 Å². The van der Waals surface area contributed by atoms with Crippen LogP contribution in [0, 0.1) is 45.8 Å². The Hall–Kier alpha value is -1.49. The van der Waals surface area contributed by atoms with Gasteiger partial charge in [0.1, 0.15) is 6.10 Å². The van der Waals surface area contributed by atoms with E-state index in [1.54, 1.807) is 0 Å². The van der Waals surface area contributed by atoms with Crippen molar-refractivity contribution in [2.24, 2.45) is 45.8 Å². The maximum atomic E-state index is 13.8. The van der Waals surface area contributed by atoms with Gasteiger partial charge in [0.05, 0.1) is 18.0 Å². The second-order valence-electron chi connectivity index (χ2n) is 15.3. The lowest BCUT2D eigenvalue weighted by molar-refractivity contribution is -0.234. The first-order valence-electron chi connectivity index (χ1n) is 16.4. The smallest absolute Gasteiger partial charge is 0.303 e. The highest BCUT2D eigenvalue weighted by molar-refractivity contribution is 7.85. The van der Waals surface area contributed by atoms with Crippen LogP contribution in [0.3, 0.4) is 0 Å². The third-order valence-electron chi connectivity index (χ3n) is 12.5. The maximum absolute atomic E-state index is 13.8. The van der Waals surface area contributed by atoms with Crippen molar-refractivity contribution >= 4 is 22.0 Å². The molecule has 9 nitrogen and oxygen atoms in total. The molecule has 10 heteroatoms. The summed E-state index contributed by atoms with van der Waals surface area (Å²) in [5.41, 5.74) is 0.476. The normalized spacial score (nSPS) is 42.1. The molecule has 0 heterocycles. The highest BCUT2D eigenvalue weighted by atomic mass is 32.2. The summed E-state index contributed by atoms with van der Waals surface area (Å²) in [7, 11) is -4.25. The Morgan fingerprint density at radius 1 is 1.07 bits per heavy atom. The molecule has 0 spiro atoms. The molecular weight excluding hydrogens is 570 g/mol. The van der Waals surface area contributed by atoms with Gasteiger partial charge in [-0.15, -0.1) is 0 Å². The highest BCUT2D eigenvalue weighted by Gasteiger charge is 2.70. The van der Waals surface area contributed by atoms with Gasteiger partial charge < -0.3 is 20.3 Å². The number of nitrogens with one attached hydrogen (secondary N) is 1. The van der Waals surface area contributed by atoms with E-state index < -0.39 is 40.0 Å². The molecule has 0 aromatic rings. The molecule has 246 valence electrons. The number of hydrogen-bond donors (Lipinski definition) is 4. The van der Waals surface area contributed by atoms with E-state index in [9.17, 15) is 32.8 Å². The highest BCUT2D eigenvalue weighted by Crippen LogP contribution is 2.74. The maximum Gasteiger partial charge on any atom is 0.303 e. The Morgan fingerprint density at radius 3 is 2.35 bits per heavy atom. The molecule has 0 bridgehead atoms. The number of carbonyl (C=O) groups is 2. The molecule has 0 aliphatic heterocycles. The number of esters is 1. The van der Waals surface area contributed by atoms with Crippen LogP contribution in [-0.4, -0.2) is 65.7 Å².